The molecule has 7 nitrogen and oxygen atoms in total. The Labute approximate surface area is 164 Å². The summed E-state index contributed by atoms with van der Waals surface area (Å²) in [5.41, 5.74) is 10.5. The van der Waals surface area contributed by atoms with Crippen LogP contribution >= 0.6 is 0 Å². The lowest BCUT2D eigenvalue weighted by Crippen LogP contribution is -2.38. The van der Waals surface area contributed by atoms with E-state index in [2.05, 4.69) is 17.2 Å². The number of nitrogens with zero attached hydrogens (tertiary/aromatic N) is 1. The number of aliphatic carboxylic acids is 1. The Morgan fingerprint density at radius 1 is 0.926 bits per heavy atom. The van der Waals surface area contributed by atoms with E-state index in [1.807, 2.05) is 0 Å². The quantitative estimate of drug-likeness (QED) is 0.154. The standard InChI is InChI=1S/C20H40N4O3/c1-2-3-4-5-6-7-8-9-10-12-17(25)14-16-23-18(19(26)27)13-11-15-24-20(21)22/h18,23H,2-16H2,1H3,(H,26,27)(H4,21,22,24)/t18-/m0/s1. The van der Waals surface area contributed by atoms with Crippen LogP contribution in [0.15, 0.2) is 4.99 Å². The molecule has 0 amide bonds. The van der Waals surface area contributed by atoms with E-state index in [-0.39, 0.29) is 11.7 Å². The summed E-state index contributed by atoms with van der Waals surface area (Å²) in [6.07, 6.45) is 13.1. The summed E-state index contributed by atoms with van der Waals surface area (Å²) in [6, 6.07) is -0.667. The second-order valence-electron chi connectivity index (χ2n) is 7.16. The van der Waals surface area contributed by atoms with Gasteiger partial charge in [-0.3, -0.25) is 14.6 Å². The van der Waals surface area contributed by atoms with Crippen LogP contribution in [0.5, 0.6) is 0 Å². The number of guanidine groups is 1. The molecule has 158 valence electrons. The maximum Gasteiger partial charge on any atom is 0.320 e. The number of nitrogens with two attached hydrogens (primary N) is 2. The fraction of sp³-hybridized carbons (Fsp3) is 0.850. The Hall–Kier alpha value is -1.63. The molecule has 1 atom stereocenters. The van der Waals surface area contributed by atoms with Crippen molar-refractivity contribution in [3.05, 3.63) is 0 Å². The van der Waals surface area contributed by atoms with Crippen molar-refractivity contribution in [1.29, 1.82) is 0 Å². The van der Waals surface area contributed by atoms with Gasteiger partial charge >= 0.3 is 5.97 Å². The molecule has 0 aromatic carbocycles. The van der Waals surface area contributed by atoms with Gasteiger partial charge in [-0.2, -0.15) is 0 Å². The molecule has 0 saturated carbocycles. The maximum atomic E-state index is 11.9. The minimum Gasteiger partial charge on any atom is -0.480 e. The SMILES string of the molecule is CCCCCCCCCCCC(=O)CCN[C@@H](CCCN=C(N)N)C(=O)O. The lowest BCUT2D eigenvalue weighted by Gasteiger charge is -2.13. The van der Waals surface area contributed by atoms with E-state index in [1.165, 1.54) is 44.9 Å². The Bertz CT molecular complexity index is 423. The first-order chi connectivity index (χ1) is 13.0. The van der Waals surface area contributed by atoms with Gasteiger partial charge in [-0.15, -0.1) is 0 Å². The molecule has 0 radical (unpaired) electrons. The van der Waals surface area contributed by atoms with Gasteiger partial charge in [-0.25, -0.2) is 0 Å². The molecule has 0 aliphatic heterocycles. The third-order valence-corrected chi connectivity index (χ3v) is 4.60. The van der Waals surface area contributed by atoms with E-state index in [1.54, 1.807) is 0 Å². The molecule has 0 aliphatic rings. The van der Waals surface area contributed by atoms with Crippen molar-refractivity contribution in [1.82, 2.24) is 5.32 Å². The molecule has 0 aliphatic carbocycles. The molecular weight excluding hydrogens is 344 g/mol. The molecule has 0 aromatic rings. The maximum absolute atomic E-state index is 11.9. The zero-order valence-corrected chi connectivity index (χ0v) is 17.0. The third kappa shape index (κ3) is 17.5. The molecule has 0 spiro atoms. The Morgan fingerprint density at radius 3 is 2.07 bits per heavy atom. The number of rotatable bonds is 19. The highest BCUT2D eigenvalue weighted by atomic mass is 16.4. The minimum absolute atomic E-state index is 0.0110. The number of carboxylic acid groups (broad SMARTS) is 1. The van der Waals surface area contributed by atoms with Gasteiger partial charge in [0.05, 0.1) is 0 Å². The van der Waals surface area contributed by atoms with Crippen LogP contribution in [0.2, 0.25) is 0 Å². The van der Waals surface area contributed by atoms with Crippen LogP contribution in [0.25, 0.3) is 0 Å². The number of nitrogens with one attached hydrogen (secondary N) is 1. The number of aliphatic imine (C=N–C) groups is 1. The first-order valence-electron chi connectivity index (χ1n) is 10.5. The minimum atomic E-state index is -0.911. The number of ketones is 1. The number of unbranched alkanes of at least 4 members (excludes halogenated alkanes) is 8. The van der Waals surface area contributed by atoms with Crippen LogP contribution in [0.4, 0.5) is 0 Å². The number of carboxylic acids is 1. The van der Waals surface area contributed by atoms with Crippen molar-refractivity contribution in [2.45, 2.75) is 96.4 Å². The molecule has 6 N–H and O–H groups in total. The number of carbonyl (C=O) groups excluding carboxylic acids is 1. The number of carbonyl (C=O) groups is 2. The van der Waals surface area contributed by atoms with Crippen LogP contribution in [0.3, 0.4) is 0 Å². The van der Waals surface area contributed by atoms with Crippen molar-refractivity contribution >= 4 is 17.7 Å². The number of hydrogen-bond acceptors (Lipinski definition) is 4. The smallest absolute Gasteiger partial charge is 0.320 e. The molecule has 0 bridgehead atoms. The molecular formula is C20H40N4O3. The van der Waals surface area contributed by atoms with E-state index < -0.39 is 12.0 Å². The van der Waals surface area contributed by atoms with Crippen molar-refractivity contribution in [3.8, 4) is 0 Å². The van der Waals surface area contributed by atoms with Crippen LogP contribution < -0.4 is 16.8 Å². The lowest BCUT2D eigenvalue weighted by atomic mass is 10.0. The normalized spacial score (nSPS) is 11.9. The fourth-order valence-corrected chi connectivity index (χ4v) is 2.96. The van der Waals surface area contributed by atoms with Crippen LogP contribution in [-0.2, 0) is 9.59 Å². The van der Waals surface area contributed by atoms with Crippen molar-refractivity contribution in [3.63, 3.8) is 0 Å². The molecule has 27 heavy (non-hydrogen) atoms. The first kappa shape index (κ1) is 25.4. The third-order valence-electron chi connectivity index (χ3n) is 4.60. The highest BCUT2D eigenvalue weighted by Crippen LogP contribution is 2.11. The van der Waals surface area contributed by atoms with Crippen molar-refractivity contribution < 1.29 is 14.7 Å². The second kappa shape index (κ2) is 17.8. The van der Waals surface area contributed by atoms with Gasteiger partial charge in [0.15, 0.2) is 5.96 Å². The van der Waals surface area contributed by atoms with Gasteiger partial charge in [0, 0.05) is 25.9 Å². The molecule has 0 fully saturated rings. The van der Waals surface area contributed by atoms with E-state index in [4.69, 9.17) is 11.5 Å². The van der Waals surface area contributed by atoms with Crippen molar-refractivity contribution in [2.75, 3.05) is 13.1 Å². The van der Waals surface area contributed by atoms with Crippen LogP contribution in [-0.4, -0.2) is 41.9 Å². The van der Waals surface area contributed by atoms with E-state index in [0.717, 1.165) is 12.8 Å². The Morgan fingerprint density at radius 2 is 1.52 bits per heavy atom. The fourth-order valence-electron chi connectivity index (χ4n) is 2.96. The van der Waals surface area contributed by atoms with Gasteiger partial charge < -0.3 is 21.9 Å². The largest absolute Gasteiger partial charge is 0.480 e. The lowest BCUT2D eigenvalue weighted by molar-refractivity contribution is -0.139. The zero-order chi connectivity index (χ0) is 20.3. The zero-order valence-electron chi connectivity index (χ0n) is 17.0. The molecule has 0 aromatic heterocycles. The molecule has 0 rings (SSSR count). The second-order valence-corrected chi connectivity index (χ2v) is 7.16. The molecule has 0 heterocycles. The van der Waals surface area contributed by atoms with Gasteiger partial charge in [0.25, 0.3) is 0 Å². The summed E-state index contributed by atoms with van der Waals surface area (Å²) >= 11 is 0. The summed E-state index contributed by atoms with van der Waals surface area (Å²) < 4.78 is 0. The summed E-state index contributed by atoms with van der Waals surface area (Å²) in [7, 11) is 0. The average Bonchev–Trinajstić information content (AvgIpc) is 2.61. The van der Waals surface area contributed by atoms with E-state index in [9.17, 15) is 14.7 Å². The van der Waals surface area contributed by atoms with E-state index in [0.29, 0.717) is 38.8 Å². The molecule has 0 saturated heterocycles. The topological polar surface area (TPSA) is 131 Å². The average molecular weight is 385 g/mol. The van der Waals surface area contributed by atoms with Gasteiger partial charge in [0.1, 0.15) is 11.8 Å². The van der Waals surface area contributed by atoms with Gasteiger partial charge in [-0.1, -0.05) is 58.3 Å². The van der Waals surface area contributed by atoms with Gasteiger partial charge in [0.2, 0.25) is 0 Å². The predicted molar refractivity (Wildman–Crippen MR) is 111 cm³/mol. The number of hydrogen-bond donors (Lipinski definition) is 4. The monoisotopic (exact) mass is 384 g/mol. The highest BCUT2D eigenvalue weighted by molar-refractivity contribution is 5.78. The summed E-state index contributed by atoms with van der Waals surface area (Å²) in [4.78, 5) is 27.0. The highest BCUT2D eigenvalue weighted by Gasteiger charge is 2.16. The molecule has 0 unspecified atom stereocenters. The Balaban J connectivity index is 3.66. The van der Waals surface area contributed by atoms with Gasteiger partial charge in [-0.05, 0) is 19.3 Å². The Kier molecular flexibility index (Phi) is 16.7. The predicted octanol–water partition coefficient (Wildman–Crippen LogP) is 2.96. The van der Waals surface area contributed by atoms with Crippen molar-refractivity contribution in [2.24, 2.45) is 16.5 Å². The summed E-state index contributed by atoms with van der Waals surface area (Å²) in [5.74, 6) is -0.696. The van der Waals surface area contributed by atoms with Crippen LogP contribution in [0, 0.1) is 0 Å². The summed E-state index contributed by atoms with van der Waals surface area (Å²) in [6.45, 7) is 3.03. The number of Topliss-reactive ketones (excluding diaryl/α,β-unsaturated/α-hetero) is 1. The first-order valence-corrected chi connectivity index (χ1v) is 10.5. The summed E-state index contributed by atoms with van der Waals surface area (Å²) in [5, 5.41) is 12.1. The van der Waals surface area contributed by atoms with E-state index >= 15 is 0 Å². The van der Waals surface area contributed by atoms with Crippen LogP contribution in [0.1, 0.15) is 90.4 Å². The molecule has 7 heteroatoms.